The molecule has 1 aromatic rings. The zero-order valence-corrected chi connectivity index (χ0v) is 22.7. The van der Waals surface area contributed by atoms with Gasteiger partial charge in [-0.3, -0.25) is 0 Å². The van der Waals surface area contributed by atoms with Gasteiger partial charge in [0.2, 0.25) is 0 Å². The monoisotopic (exact) mass is 562 g/mol. The van der Waals surface area contributed by atoms with Crippen LogP contribution >= 0.6 is 22.9 Å². The topological polar surface area (TPSA) is 50.6 Å². The Morgan fingerprint density at radius 3 is 2.39 bits per heavy atom. The van der Waals surface area contributed by atoms with Crippen LogP contribution in [0.15, 0.2) is 30.3 Å². The maximum absolute atomic E-state index is 13.6. The van der Waals surface area contributed by atoms with Gasteiger partial charge in [-0.05, 0) is 70.3 Å². The summed E-state index contributed by atoms with van der Waals surface area (Å²) in [5.41, 5.74) is 0.805. The first-order valence-corrected chi connectivity index (χ1v) is 13.7. The fourth-order valence-corrected chi connectivity index (χ4v) is 7.35. The van der Waals surface area contributed by atoms with Crippen molar-refractivity contribution in [2.45, 2.75) is 83.2 Å². The van der Waals surface area contributed by atoms with Crippen LogP contribution < -0.4 is 0 Å². The fraction of sp³-hybridized carbons (Fsp3) is 0.704. The molecule has 1 aliphatic heterocycles. The van der Waals surface area contributed by atoms with Crippen LogP contribution in [0.1, 0.15) is 77.7 Å². The smallest absolute Gasteiger partial charge is 0.320 e. The number of hydrogen-bond donors (Lipinski definition) is 0. The molecule has 0 unspecified atom stereocenters. The van der Waals surface area contributed by atoms with E-state index in [0.29, 0.717) is 12.5 Å². The Morgan fingerprint density at radius 2 is 1.85 bits per heavy atom. The maximum Gasteiger partial charge on any atom is 0.320 e. The molecular weight excluding hydrogens is 523 g/mol. The molecule has 0 aromatic heterocycles. The van der Waals surface area contributed by atoms with Crippen molar-refractivity contribution in [1.29, 1.82) is 5.26 Å². The lowest BCUT2D eigenvalue weighted by atomic mass is 9.68. The number of rotatable bonds is 8. The van der Waals surface area contributed by atoms with Crippen LogP contribution in [0.3, 0.4) is 0 Å². The molecule has 5 nitrogen and oxygen atoms in total. The van der Waals surface area contributed by atoms with Gasteiger partial charge in [-0.15, -0.1) is 0 Å². The van der Waals surface area contributed by atoms with E-state index in [1.165, 1.54) is 24.8 Å². The van der Waals surface area contributed by atoms with Crippen LogP contribution in [-0.2, 0) is 5.54 Å². The molecule has 1 saturated heterocycles. The van der Waals surface area contributed by atoms with E-state index in [9.17, 15) is 10.1 Å². The Labute approximate surface area is 214 Å². The van der Waals surface area contributed by atoms with Crippen LogP contribution in [0.2, 0.25) is 0 Å². The summed E-state index contributed by atoms with van der Waals surface area (Å²) in [7, 11) is 0. The highest BCUT2D eigenvalue weighted by Gasteiger charge is 2.55. The molecule has 1 spiro atoms. The van der Waals surface area contributed by atoms with Gasteiger partial charge in [-0.2, -0.15) is 5.26 Å². The third kappa shape index (κ3) is 4.77. The van der Waals surface area contributed by atoms with E-state index in [1.807, 2.05) is 18.7 Å². The lowest BCUT2D eigenvalue weighted by Crippen LogP contribution is -2.56. The summed E-state index contributed by atoms with van der Waals surface area (Å²) in [5.74, 6) is 0.650. The van der Waals surface area contributed by atoms with Crippen molar-refractivity contribution < 1.29 is 4.79 Å². The first kappa shape index (κ1) is 24.8. The largest absolute Gasteiger partial charge is 0.321 e. The second kappa shape index (κ2) is 9.73. The van der Waals surface area contributed by atoms with Gasteiger partial charge < -0.3 is 9.80 Å². The number of hydrogen-bond acceptors (Lipinski definition) is 3. The van der Waals surface area contributed by atoms with Gasteiger partial charge in [0.05, 0.1) is 22.6 Å². The van der Waals surface area contributed by atoms with E-state index in [4.69, 9.17) is 0 Å². The number of carbonyl (C=O) groups is 1. The zero-order chi connectivity index (χ0) is 23.7. The van der Waals surface area contributed by atoms with Crippen molar-refractivity contribution in [3.05, 3.63) is 35.9 Å². The standard InChI is InChI=1S/C27H39IN4O/c1-4-17-32(28)27(23-11-6-5-7-12-23)15-13-26(14-16-27)21-30(20-25(2,3)19-29)24(33)31(26)18-22-9-8-10-22/h5-7,11-12,22H,4,8-10,13-18,20-21H2,1-3H3. The third-order valence-electron chi connectivity index (χ3n) is 8.32. The first-order chi connectivity index (χ1) is 15.8. The van der Waals surface area contributed by atoms with Crippen LogP contribution in [0.4, 0.5) is 4.79 Å². The van der Waals surface area contributed by atoms with Crippen molar-refractivity contribution in [2.75, 3.05) is 26.2 Å². The van der Waals surface area contributed by atoms with Gasteiger partial charge >= 0.3 is 6.03 Å². The molecule has 0 radical (unpaired) electrons. The molecule has 3 fully saturated rings. The highest BCUT2D eigenvalue weighted by molar-refractivity contribution is 14.1. The van der Waals surface area contributed by atoms with E-state index in [-0.39, 0.29) is 17.1 Å². The van der Waals surface area contributed by atoms with Crippen molar-refractivity contribution >= 4 is 28.9 Å². The minimum atomic E-state index is -0.522. The number of amides is 2. The Morgan fingerprint density at radius 1 is 1.18 bits per heavy atom. The summed E-state index contributed by atoms with van der Waals surface area (Å²) in [4.78, 5) is 17.9. The van der Waals surface area contributed by atoms with Gasteiger partial charge in [0.1, 0.15) is 0 Å². The van der Waals surface area contributed by atoms with Crippen LogP contribution in [0.5, 0.6) is 0 Å². The second-order valence-electron chi connectivity index (χ2n) is 11.2. The van der Waals surface area contributed by atoms with E-state index >= 15 is 0 Å². The molecule has 2 saturated carbocycles. The predicted octanol–water partition coefficient (Wildman–Crippen LogP) is 6.34. The average molecular weight is 563 g/mol. The second-order valence-corrected chi connectivity index (χ2v) is 12.4. The minimum Gasteiger partial charge on any atom is -0.321 e. The van der Waals surface area contributed by atoms with Crippen molar-refractivity contribution in [3.63, 3.8) is 0 Å². The van der Waals surface area contributed by atoms with Gasteiger partial charge in [-0.1, -0.05) is 43.7 Å². The summed E-state index contributed by atoms with van der Waals surface area (Å²) in [5, 5.41) is 9.60. The Kier molecular flexibility index (Phi) is 7.31. The maximum atomic E-state index is 13.6. The molecule has 0 bridgehead atoms. The molecule has 180 valence electrons. The number of urea groups is 1. The molecule has 4 rings (SSSR count). The van der Waals surface area contributed by atoms with Gasteiger partial charge in [0, 0.05) is 49.0 Å². The normalized spacial score (nSPS) is 28.4. The molecule has 33 heavy (non-hydrogen) atoms. The Bertz CT molecular complexity index is 868. The third-order valence-corrected chi connectivity index (χ3v) is 9.72. The fourth-order valence-electron chi connectivity index (χ4n) is 6.11. The summed E-state index contributed by atoms with van der Waals surface area (Å²) in [6.45, 7) is 9.38. The summed E-state index contributed by atoms with van der Waals surface area (Å²) < 4.78 is 2.54. The Balaban J connectivity index is 1.61. The van der Waals surface area contributed by atoms with Crippen molar-refractivity contribution in [3.8, 4) is 6.07 Å². The zero-order valence-electron chi connectivity index (χ0n) is 20.5. The quantitative estimate of drug-likeness (QED) is 0.274. The summed E-state index contributed by atoms with van der Waals surface area (Å²) in [6.07, 6.45) is 9.08. The molecular formula is C27H39IN4O. The molecule has 1 heterocycles. The Hall–Kier alpha value is -1.33. The average Bonchev–Trinajstić information content (AvgIpc) is 3.02. The molecule has 3 aliphatic rings. The van der Waals surface area contributed by atoms with Crippen LogP contribution in [0.25, 0.3) is 0 Å². The molecule has 2 amide bonds. The van der Waals surface area contributed by atoms with Gasteiger partial charge in [-0.25, -0.2) is 7.91 Å². The first-order valence-electron chi connectivity index (χ1n) is 12.7. The molecule has 0 N–H and O–H groups in total. The molecule has 2 aliphatic carbocycles. The van der Waals surface area contributed by atoms with E-state index in [0.717, 1.165) is 51.7 Å². The van der Waals surface area contributed by atoms with Crippen molar-refractivity contribution in [1.82, 2.24) is 12.9 Å². The predicted molar refractivity (Wildman–Crippen MR) is 141 cm³/mol. The van der Waals surface area contributed by atoms with Crippen LogP contribution in [-0.4, -0.2) is 50.7 Å². The minimum absolute atomic E-state index is 0.0214. The van der Waals surface area contributed by atoms with E-state index < -0.39 is 5.41 Å². The van der Waals surface area contributed by atoms with E-state index in [1.54, 1.807) is 0 Å². The summed E-state index contributed by atoms with van der Waals surface area (Å²) in [6, 6.07) is 13.6. The molecule has 1 aromatic carbocycles. The molecule has 6 heteroatoms. The summed E-state index contributed by atoms with van der Waals surface area (Å²) >= 11 is 2.55. The lowest BCUT2D eigenvalue weighted by Gasteiger charge is -2.51. The number of benzene rings is 1. The number of carbonyl (C=O) groups excluding carboxylic acids is 1. The lowest BCUT2D eigenvalue weighted by molar-refractivity contribution is 0.0371. The van der Waals surface area contributed by atoms with Gasteiger partial charge in [0.15, 0.2) is 0 Å². The van der Waals surface area contributed by atoms with Gasteiger partial charge in [0.25, 0.3) is 0 Å². The van der Waals surface area contributed by atoms with E-state index in [2.05, 4.69) is 74.2 Å². The van der Waals surface area contributed by atoms with Crippen molar-refractivity contribution in [2.24, 2.45) is 11.3 Å². The number of nitrogens with zero attached hydrogens (tertiary/aromatic N) is 4. The van der Waals surface area contributed by atoms with Crippen LogP contribution in [0, 0.1) is 22.7 Å². The highest BCUT2D eigenvalue weighted by atomic mass is 127. The number of halogens is 1. The SMILES string of the molecule is CCCN(I)C1(c2ccccc2)CCC2(CC1)CN(CC(C)(C)C#N)C(=O)N2CC1CCC1. The highest BCUT2D eigenvalue weighted by Crippen LogP contribution is 2.51. The number of nitriles is 1. The molecule has 0 atom stereocenters.